The minimum absolute atomic E-state index is 0.268. The number of anilines is 2. The van der Waals surface area contributed by atoms with Crippen molar-refractivity contribution in [3.63, 3.8) is 0 Å². The van der Waals surface area contributed by atoms with E-state index in [1.807, 2.05) is 48.5 Å². The first-order valence-corrected chi connectivity index (χ1v) is 22.6. The van der Waals surface area contributed by atoms with Gasteiger partial charge in [0.1, 0.15) is 0 Å². The zero-order valence-electron chi connectivity index (χ0n) is 27.3. The van der Waals surface area contributed by atoms with Gasteiger partial charge in [-0.25, -0.2) is 9.80 Å². The minimum Gasteiger partial charge on any atom is -0.268 e. The van der Waals surface area contributed by atoms with E-state index >= 15 is 0 Å². The zero-order chi connectivity index (χ0) is 38.8. The Morgan fingerprint density at radius 3 is 0.909 bits per heavy atom. The molecule has 0 fully saturated rings. The van der Waals surface area contributed by atoms with Crippen LogP contribution in [0.2, 0.25) is 0 Å². The van der Waals surface area contributed by atoms with E-state index in [2.05, 4.69) is 152 Å². The summed E-state index contributed by atoms with van der Waals surface area (Å²) in [5, 5.41) is 0. The Hall–Kier alpha value is -2.56. The van der Waals surface area contributed by atoms with E-state index < -0.39 is 29.0 Å². The summed E-state index contributed by atoms with van der Waals surface area (Å²) in [6.45, 7) is 0. The molecule has 4 amide bonds. The first kappa shape index (κ1) is 38.0. The molecule has 0 spiro atoms. The number of carbonyl (C=O) groups excluding carboxylic acids is 4. The van der Waals surface area contributed by atoms with E-state index in [4.69, 9.17) is 0 Å². The lowest BCUT2D eigenvalue weighted by Crippen LogP contribution is -2.31. The summed E-state index contributed by atoms with van der Waals surface area (Å²) in [5.74, 6) is -1.77. The highest BCUT2D eigenvalue weighted by molar-refractivity contribution is 9.15. The topological polar surface area (TPSA) is 74.8 Å². The molecular weight excluding hydrogens is 1220 g/mol. The van der Waals surface area contributed by atoms with Crippen LogP contribution in [0.15, 0.2) is 133 Å². The molecule has 0 bridgehead atoms. The number of imide groups is 2. The van der Waals surface area contributed by atoms with Gasteiger partial charge in [-0.15, -0.1) is 0 Å². The maximum absolute atomic E-state index is 13.9. The molecular formula is C41H16Br8N2O4. The van der Waals surface area contributed by atoms with Crippen molar-refractivity contribution in [3.05, 3.63) is 177 Å². The molecule has 0 aromatic heterocycles. The number of carbonyl (C=O) groups is 4. The number of fused-ring (bicyclic) bond motifs is 5. The second-order valence-electron chi connectivity index (χ2n) is 12.8. The lowest BCUT2D eigenvalue weighted by molar-refractivity contribution is 0.0910. The van der Waals surface area contributed by atoms with Gasteiger partial charge in [0.15, 0.2) is 0 Å². The van der Waals surface area contributed by atoms with Crippen molar-refractivity contribution in [2.75, 3.05) is 9.80 Å². The van der Waals surface area contributed by atoms with E-state index in [-0.39, 0.29) is 22.3 Å². The molecule has 0 radical (unpaired) electrons. The first-order valence-electron chi connectivity index (χ1n) is 16.2. The number of halogens is 8. The summed E-state index contributed by atoms with van der Waals surface area (Å²) < 4.78 is 4.41. The van der Waals surface area contributed by atoms with Crippen LogP contribution in [0.1, 0.15) is 63.7 Å². The lowest BCUT2D eigenvalue weighted by atomic mass is 9.67. The molecule has 55 heavy (non-hydrogen) atoms. The fraction of sp³-hybridized carbons (Fsp3) is 0.0244. The third-order valence-corrected chi connectivity index (χ3v) is 19.8. The van der Waals surface area contributed by atoms with Crippen LogP contribution in [0.25, 0.3) is 11.1 Å². The third kappa shape index (κ3) is 5.20. The van der Waals surface area contributed by atoms with E-state index in [9.17, 15) is 19.2 Å². The molecule has 9 rings (SSSR count). The highest BCUT2D eigenvalue weighted by Crippen LogP contribution is 2.57. The highest BCUT2D eigenvalue weighted by atomic mass is 79.9. The number of hydrogen-bond acceptors (Lipinski definition) is 4. The van der Waals surface area contributed by atoms with Crippen LogP contribution >= 0.6 is 127 Å². The fourth-order valence-corrected chi connectivity index (χ4v) is 12.8. The van der Waals surface area contributed by atoms with Gasteiger partial charge in [0.25, 0.3) is 23.6 Å². The molecule has 0 saturated carbocycles. The van der Waals surface area contributed by atoms with Crippen molar-refractivity contribution in [2.24, 2.45) is 0 Å². The molecule has 14 heteroatoms. The molecule has 6 aromatic carbocycles. The van der Waals surface area contributed by atoms with Crippen molar-refractivity contribution in [1.82, 2.24) is 0 Å². The van der Waals surface area contributed by atoms with Gasteiger partial charge >= 0.3 is 0 Å². The maximum Gasteiger partial charge on any atom is 0.267 e. The Morgan fingerprint density at radius 2 is 0.618 bits per heavy atom. The van der Waals surface area contributed by atoms with Gasteiger partial charge in [-0.1, -0.05) is 72.8 Å². The molecule has 6 aromatic rings. The Morgan fingerprint density at radius 1 is 0.345 bits per heavy atom. The van der Waals surface area contributed by atoms with Crippen molar-refractivity contribution < 1.29 is 19.2 Å². The summed E-state index contributed by atoms with van der Waals surface area (Å²) in [6.07, 6.45) is 0. The van der Waals surface area contributed by atoms with Gasteiger partial charge in [0, 0.05) is 35.8 Å². The molecule has 6 nitrogen and oxygen atoms in total. The largest absolute Gasteiger partial charge is 0.268 e. The first-order chi connectivity index (χ1) is 26.3. The van der Waals surface area contributed by atoms with Crippen molar-refractivity contribution >= 4 is 162 Å². The second-order valence-corrected chi connectivity index (χ2v) is 19.2. The SMILES string of the molecule is O=C1c2c(Br)c(Br)c(Br)c(Br)c2C(=O)N1c1ccc(C2(c3ccc(N4C(=O)c5c(Br)c(Br)c(Br)c(Br)c5C4=O)cc3)c3ccccc3-c3ccccc32)cc1. The number of amides is 4. The highest BCUT2D eigenvalue weighted by Gasteiger charge is 2.48. The van der Waals surface area contributed by atoms with E-state index in [1.54, 1.807) is 24.3 Å². The average Bonchev–Trinajstić information content (AvgIpc) is 3.76. The Balaban J connectivity index is 1.18. The molecule has 0 saturated heterocycles. The number of hydrogen-bond donors (Lipinski definition) is 0. The van der Waals surface area contributed by atoms with E-state index in [0.717, 1.165) is 33.4 Å². The molecule has 270 valence electrons. The van der Waals surface area contributed by atoms with E-state index in [0.29, 0.717) is 47.2 Å². The number of nitrogens with zero attached hydrogens (tertiary/aromatic N) is 2. The quantitative estimate of drug-likeness (QED) is 0.1000. The van der Waals surface area contributed by atoms with Crippen molar-refractivity contribution in [1.29, 1.82) is 0 Å². The van der Waals surface area contributed by atoms with Crippen LogP contribution < -0.4 is 9.80 Å². The van der Waals surface area contributed by atoms with Gasteiger partial charge in [-0.3, -0.25) is 19.2 Å². The molecule has 0 N–H and O–H groups in total. The van der Waals surface area contributed by atoms with Crippen LogP contribution in [0.5, 0.6) is 0 Å². The summed E-state index contributed by atoms with van der Waals surface area (Å²) >= 11 is 28.1. The molecule has 2 aliphatic heterocycles. The van der Waals surface area contributed by atoms with Crippen LogP contribution in [0.3, 0.4) is 0 Å². The van der Waals surface area contributed by atoms with Gasteiger partial charge in [-0.05, 0) is 185 Å². The summed E-state index contributed by atoms with van der Waals surface area (Å²) in [5.41, 5.74) is 7.11. The maximum atomic E-state index is 13.9. The van der Waals surface area contributed by atoms with Crippen molar-refractivity contribution in [3.8, 4) is 11.1 Å². The number of benzene rings is 6. The van der Waals surface area contributed by atoms with Crippen LogP contribution in [-0.4, -0.2) is 23.6 Å². The van der Waals surface area contributed by atoms with Crippen molar-refractivity contribution in [2.45, 2.75) is 5.41 Å². The predicted molar refractivity (Wildman–Crippen MR) is 241 cm³/mol. The molecule has 0 atom stereocenters. The summed E-state index contributed by atoms with van der Waals surface area (Å²) in [6, 6.07) is 31.5. The lowest BCUT2D eigenvalue weighted by Gasteiger charge is -2.34. The van der Waals surface area contributed by atoms with Crippen LogP contribution in [0.4, 0.5) is 11.4 Å². The Labute approximate surface area is 381 Å². The Kier molecular flexibility index (Phi) is 9.52. The standard InChI is InChI=1S/C41H16Br8N2O4/c42-29-25-26(30(43)34(47)33(29)46)38(53)50(37(25)52)19-13-9-17(10-14-19)41(23-7-3-1-5-21(23)22-6-2-4-8-24(22)41)18-11-15-20(16-12-18)51-39(54)27-28(40(51)55)32(45)36(49)35(48)31(27)44/h1-16H. The van der Waals surface area contributed by atoms with Crippen LogP contribution in [0, 0.1) is 0 Å². The van der Waals surface area contributed by atoms with E-state index in [1.165, 1.54) is 9.80 Å². The Bertz CT molecular complexity index is 2500. The van der Waals surface area contributed by atoms with Gasteiger partial charge < -0.3 is 0 Å². The molecule has 3 aliphatic rings. The smallest absolute Gasteiger partial charge is 0.267 e. The normalized spacial score (nSPS) is 15.1. The summed E-state index contributed by atoms with van der Waals surface area (Å²) in [7, 11) is 0. The zero-order valence-corrected chi connectivity index (χ0v) is 40.0. The minimum atomic E-state index is -0.836. The van der Waals surface area contributed by atoms with Gasteiger partial charge in [0.05, 0.1) is 39.0 Å². The molecule has 2 heterocycles. The fourth-order valence-electron chi connectivity index (χ4n) is 7.91. The summed E-state index contributed by atoms with van der Waals surface area (Å²) in [4.78, 5) is 57.9. The third-order valence-electron chi connectivity index (χ3n) is 10.3. The molecule has 1 aliphatic carbocycles. The molecule has 0 unspecified atom stereocenters. The monoisotopic (exact) mass is 1230 g/mol. The van der Waals surface area contributed by atoms with Gasteiger partial charge in [0.2, 0.25) is 0 Å². The van der Waals surface area contributed by atoms with Gasteiger partial charge in [-0.2, -0.15) is 0 Å². The predicted octanol–water partition coefficient (Wildman–Crippen LogP) is 13.8. The number of rotatable bonds is 4. The van der Waals surface area contributed by atoms with Crippen LogP contribution in [-0.2, 0) is 5.41 Å². The second kappa shape index (κ2) is 13.8. The average molecular weight is 1240 g/mol.